The van der Waals surface area contributed by atoms with E-state index in [1.807, 2.05) is 36.4 Å². The van der Waals surface area contributed by atoms with Gasteiger partial charge in [-0.05, 0) is 55.5 Å². The lowest BCUT2D eigenvalue weighted by Gasteiger charge is -2.09. The molecule has 2 aromatic heterocycles. The number of nitriles is 1. The zero-order chi connectivity index (χ0) is 17.2. The topological polar surface area (TPSA) is 49.3 Å². The molecular weight excluding hydrogens is 396 g/mol. The lowest BCUT2D eigenvalue weighted by Crippen LogP contribution is -1.99. The minimum absolute atomic E-state index is 0.688. The summed E-state index contributed by atoms with van der Waals surface area (Å²) < 4.78 is 6.90. The number of hydrogen-bond donors (Lipinski definition) is 0. The summed E-state index contributed by atoms with van der Waals surface area (Å²) in [6, 6.07) is 14.2. The lowest BCUT2D eigenvalue weighted by molar-refractivity contribution is 0.575. The third kappa shape index (κ3) is 3.33. The average Bonchev–Trinajstić information content (AvgIpc) is 3.24. The maximum absolute atomic E-state index is 9.49. The van der Waals surface area contributed by atoms with Crippen LogP contribution in [0.3, 0.4) is 0 Å². The Hall–Kier alpha value is -2.16. The van der Waals surface area contributed by atoms with E-state index >= 15 is 0 Å². The van der Waals surface area contributed by atoms with E-state index in [9.17, 15) is 5.26 Å². The maximum Gasteiger partial charge on any atom is 0.145 e. The minimum Gasteiger partial charge on any atom is -0.455 e. The summed E-state index contributed by atoms with van der Waals surface area (Å²) in [5.41, 5.74) is 2.98. The van der Waals surface area contributed by atoms with Crippen molar-refractivity contribution in [2.75, 3.05) is 0 Å². The van der Waals surface area contributed by atoms with Crippen LogP contribution in [-0.4, -0.2) is 6.21 Å². The molecule has 0 unspecified atom stereocenters. The number of nitrogens with zero attached hydrogens (tertiary/aromatic N) is 2. The predicted molar refractivity (Wildman–Crippen MR) is 105 cm³/mol. The van der Waals surface area contributed by atoms with Gasteiger partial charge >= 0.3 is 0 Å². The quantitative estimate of drug-likeness (QED) is 0.477. The fourth-order valence-corrected chi connectivity index (χ4v) is 4.52. The van der Waals surface area contributed by atoms with Crippen molar-refractivity contribution in [3.8, 4) is 17.4 Å². The molecule has 2 heterocycles. The second-order valence-corrected chi connectivity index (χ2v) is 7.97. The van der Waals surface area contributed by atoms with Gasteiger partial charge in [-0.3, -0.25) is 0 Å². The molecule has 1 aliphatic rings. The van der Waals surface area contributed by atoms with E-state index in [1.165, 1.54) is 16.9 Å². The van der Waals surface area contributed by atoms with Crippen LogP contribution >= 0.6 is 27.3 Å². The number of aryl methyl sites for hydroxylation is 1. The molecule has 3 nitrogen and oxygen atoms in total. The molecule has 124 valence electrons. The molecule has 0 N–H and O–H groups in total. The second-order valence-electron chi connectivity index (χ2n) is 5.97. The molecule has 0 atom stereocenters. The first-order valence-corrected chi connectivity index (χ1v) is 9.80. The summed E-state index contributed by atoms with van der Waals surface area (Å²) >= 11 is 5.08. The molecule has 0 aliphatic heterocycles. The smallest absolute Gasteiger partial charge is 0.145 e. The van der Waals surface area contributed by atoms with Gasteiger partial charge in [0.15, 0.2) is 0 Å². The Balaban J connectivity index is 1.60. The van der Waals surface area contributed by atoms with Crippen molar-refractivity contribution >= 4 is 38.5 Å². The summed E-state index contributed by atoms with van der Waals surface area (Å²) in [7, 11) is 0. The molecule has 1 aromatic carbocycles. The SMILES string of the molecule is N#Cc1c(/N=C/c2ccc(-c3ccc(Br)cc3)o2)sc2c1CCCC2. The van der Waals surface area contributed by atoms with E-state index in [4.69, 9.17) is 4.42 Å². The third-order valence-corrected chi connectivity index (χ3v) is 6.06. The molecule has 1 aliphatic carbocycles. The molecule has 0 bridgehead atoms. The van der Waals surface area contributed by atoms with Crippen molar-refractivity contribution in [2.24, 2.45) is 4.99 Å². The zero-order valence-electron chi connectivity index (χ0n) is 13.5. The molecule has 0 saturated carbocycles. The highest BCUT2D eigenvalue weighted by Gasteiger charge is 2.20. The highest BCUT2D eigenvalue weighted by molar-refractivity contribution is 9.10. The number of rotatable bonds is 3. The van der Waals surface area contributed by atoms with E-state index in [0.717, 1.165) is 45.6 Å². The molecule has 5 heteroatoms. The second kappa shape index (κ2) is 6.99. The van der Waals surface area contributed by atoms with Crippen LogP contribution in [0.4, 0.5) is 5.00 Å². The standard InChI is InChI=1S/C20H15BrN2OS/c21-14-7-5-13(6-8-14)18-10-9-15(24-18)12-23-20-17(11-22)16-3-1-2-4-19(16)25-20/h5-10,12H,1-4H2/b23-12+. The minimum atomic E-state index is 0.688. The van der Waals surface area contributed by atoms with Crippen molar-refractivity contribution in [1.82, 2.24) is 0 Å². The zero-order valence-corrected chi connectivity index (χ0v) is 15.9. The highest BCUT2D eigenvalue weighted by Crippen LogP contribution is 2.39. The first kappa shape index (κ1) is 16.3. The Kier molecular flexibility index (Phi) is 4.56. The first-order valence-electron chi connectivity index (χ1n) is 8.19. The van der Waals surface area contributed by atoms with Gasteiger partial charge in [0.25, 0.3) is 0 Å². The number of thiophene rings is 1. The van der Waals surface area contributed by atoms with Crippen LogP contribution in [0.1, 0.15) is 34.6 Å². The van der Waals surface area contributed by atoms with E-state index in [2.05, 4.69) is 27.0 Å². The summed E-state index contributed by atoms with van der Waals surface area (Å²) in [5, 5.41) is 10.3. The summed E-state index contributed by atoms with van der Waals surface area (Å²) in [5.74, 6) is 1.49. The van der Waals surface area contributed by atoms with E-state index in [-0.39, 0.29) is 0 Å². The van der Waals surface area contributed by atoms with Gasteiger partial charge in [-0.15, -0.1) is 11.3 Å². The van der Waals surface area contributed by atoms with Gasteiger partial charge in [0.2, 0.25) is 0 Å². The summed E-state index contributed by atoms with van der Waals surface area (Å²) in [6.07, 6.45) is 6.14. The number of hydrogen-bond acceptors (Lipinski definition) is 4. The van der Waals surface area contributed by atoms with Gasteiger partial charge in [-0.1, -0.05) is 28.1 Å². The molecule has 0 amide bonds. The first-order chi connectivity index (χ1) is 12.2. The number of aliphatic imine (C=N–C) groups is 1. The van der Waals surface area contributed by atoms with Crippen molar-refractivity contribution in [1.29, 1.82) is 5.26 Å². The van der Waals surface area contributed by atoms with Crippen LogP contribution in [0.5, 0.6) is 0 Å². The van der Waals surface area contributed by atoms with Crippen LogP contribution in [0, 0.1) is 11.3 Å². The molecule has 4 rings (SSSR count). The fraction of sp³-hybridized carbons (Fsp3) is 0.200. The number of furan rings is 1. The molecular formula is C20H15BrN2OS. The van der Waals surface area contributed by atoms with Gasteiger partial charge in [-0.25, -0.2) is 4.99 Å². The molecule has 0 fully saturated rings. The van der Waals surface area contributed by atoms with Gasteiger partial charge in [-0.2, -0.15) is 5.26 Å². The Labute approximate surface area is 158 Å². The molecule has 3 aromatic rings. The summed E-state index contributed by atoms with van der Waals surface area (Å²) in [6.45, 7) is 0. The monoisotopic (exact) mass is 410 g/mol. The third-order valence-electron chi connectivity index (χ3n) is 4.33. The lowest BCUT2D eigenvalue weighted by atomic mass is 9.96. The van der Waals surface area contributed by atoms with Crippen LogP contribution in [-0.2, 0) is 12.8 Å². The van der Waals surface area contributed by atoms with Gasteiger partial charge in [0.1, 0.15) is 22.6 Å². The molecule has 0 radical (unpaired) electrons. The highest BCUT2D eigenvalue weighted by atomic mass is 79.9. The van der Waals surface area contributed by atoms with Gasteiger partial charge < -0.3 is 4.42 Å². The van der Waals surface area contributed by atoms with E-state index in [1.54, 1.807) is 17.6 Å². The Morgan fingerprint density at radius 1 is 1.12 bits per heavy atom. The molecule has 25 heavy (non-hydrogen) atoms. The Bertz CT molecular complexity index is 976. The summed E-state index contributed by atoms with van der Waals surface area (Å²) in [4.78, 5) is 5.87. The predicted octanol–water partition coefficient (Wildman–Crippen LogP) is 6.27. The van der Waals surface area contributed by atoms with Crippen molar-refractivity contribution in [2.45, 2.75) is 25.7 Å². The Morgan fingerprint density at radius 2 is 1.92 bits per heavy atom. The maximum atomic E-state index is 9.49. The number of halogens is 1. The molecule has 0 saturated heterocycles. The Morgan fingerprint density at radius 3 is 2.72 bits per heavy atom. The number of benzene rings is 1. The van der Waals surface area contributed by atoms with Crippen LogP contribution in [0.25, 0.3) is 11.3 Å². The van der Waals surface area contributed by atoms with E-state index in [0.29, 0.717) is 5.76 Å². The average molecular weight is 411 g/mol. The van der Waals surface area contributed by atoms with Gasteiger partial charge in [0.05, 0.1) is 11.8 Å². The normalized spacial score (nSPS) is 13.8. The van der Waals surface area contributed by atoms with Crippen molar-refractivity contribution < 1.29 is 4.42 Å². The van der Waals surface area contributed by atoms with Crippen molar-refractivity contribution in [3.63, 3.8) is 0 Å². The van der Waals surface area contributed by atoms with Gasteiger partial charge in [0, 0.05) is 14.9 Å². The van der Waals surface area contributed by atoms with Crippen LogP contribution in [0.2, 0.25) is 0 Å². The van der Waals surface area contributed by atoms with E-state index < -0.39 is 0 Å². The number of fused-ring (bicyclic) bond motifs is 1. The fourth-order valence-electron chi connectivity index (χ4n) is 3.07. The van der Waals surface area contributed by atoms with Crippen molar-refractivity contribution in [3.05, 3.63) is 62.6 Å². The molecule has 0 spiro atoms. The van der Waals surface area contributed by atoms with Crippen LogP contribution < -0.4 is 0 Å². The largest absolute Gasteiger partial charge is 0.455 e. The van der Waals surface area contributed by atoms with Crippen LogP contribution in [0.15, 0.2) is 50.3 Å².